The third kappa shape index (κ3) is 30.7. The first kappa shape index (κ1) is 31.6. The van der Waals surface area contributed by atoms with Crippen LogP contribution in [0.2, 0.25) is 0 Å². The Bertz CT molecular complexity index is 431. The molecule has 0 aliphatic rings. The molecule has 0 aliphatic carbocycles. The van der Waals surface area contributed by atoms with Gasteiger partial charge >= 0.3 is 11.9 Å². The minimum Gasteiger partial charge on any atom is -0.478 e. The van der Waals surface area contributed by atoms with Gasteiger partial charge in [-0.05, 0) is 13.3 Å². The highest BCUT2D eigenvalue weighted by atomic mass is 16.5. The van der Waals surface area contributed by atoms with Crippen LogP contribution in [-0.4, -0.2) is 23.7 Å². The Morgan fingerprint density at radius 2 is 1.00 bits per heavy atom. The summed E-state index contributed by atoms with van der Waals surface area (Å²) in [5, 5.41) is 7.89. The number of carboxylic acid groups (broad SMARTS) is 1. The van der Waals surface area contributed by atoms with Gasteiger partial charge in [0.15, 0.2) is 0 Å². The van der Waals surface area contributed by atoms with E-state index in [9.17, 15) is 9.59 Å². The molecule has 0 spiro atoms. The lowest BCUT2D eigenvalue weighted by Crippen LogP contribution is -2.01. The highest BCUT2D eigenvalue weighted by Crippen LogP contribution is 2.14. The SMILES string of the molecule is C=C(C)C(=O)O.C=CC(=O)OCCCCCCCCCCCCCCCCCCCC. The maximum Gasteiger partial charge on any atom is 0.330 e. The first-order valence-electron chi connectivity index (χ1n) is 12.6. The molecule has 0 aromatic heterocycles. The number of hydrogen-bond acceptors (Lipinski definition) is 3. The summed E-state index contributed by atoms with van der Waals surface area (Å²) in [7, 11) is 0. The summed E-state index contributed by atoms with van der Waals surface area (Å²) in [4.78, 5) is 20.5. The number of esters is 1. The van der Waals surface area contributed by atoms with Crippen molar-refractivity contribution in [1.29, 1.82) is 0 Å². The maximum absolute atomic E-state index is 10.9. The molecule has 0 unspecified atom stereocenters. The Balaban J connectivity index is 0. The largest absolute Gasteiger partial charge is 0.478 e. The van der Waals surface area contributed by atoms with Crippen molar-refractivity contribution in [2.24, 2.45) is 0 Å². The molecule has 0 fully saturated rings. The van der Waals surface area contributed by atoms with Crippen molar-refractivity contribution >= 4 is 11.9 Å². The number of hydrogen-bond donors (Lipinski definition) is 1. The lowest BCUT2D eigenvalue weighted by atomic mass is 10.0. The highest BCUT2D eigenvalue weighted by Gasteiger charge is 1.97. The van der Waals surface area contributed by atoms with Crippen molar-refractivity contribution in [3.05, 3.63) is 24.8 Å². The van der Waals surface area contributed by atoms with E-state index in [0.717, 1.165) is 6.42 Å². The van der Waals surface area contributed by atoms with E-state index in [1.807, 2.05) is 0 Å². The zero-order valence-electron chi connectivity index (χ0n) is 20.6. The smallest absolute Gasteiger partial charge is 0.330 e. The lowest BCUT2D eigenvalue weighted by molar-refractivity contribution is -0.138. The summed E-state index contributed by atoms with van der Waals surface area (Å²) >= 11 is 0. The van der Waals surface area contributed by atoms with Gasteiger partial charge in [0.2, 0.25) is 0 Å². The summed E-state index contributed by atoms with van der Waals surface area (Å²) in [6.45, 7) is 10.8. The quantitative estimate of drug-likeness (QED) is 0.111. The van der Waals surface area contributed by atoms with Gasteiger partial charge in [0.25, 0.3) is 0 Å². The molecule has 31 heavy (non-hydrogen) atoms. The molecule has 0 aliphatic heterocycles. The van der Waals surface area contributed by atoms with Crippen molar-refractivity contribution in [3.8, 4) is 0 Å². The summed E-state index contributed by atoms with van der Waals surface area (Å²) < 4.78 is 4.96. The Morgan fingerprint density at radius 1 is 0.710 bits per heavy atom. The summed E-state index contributed by atoms with van der Waals surface area (Å²) in [5.41, 5.74) is 0.176. The predicted octanol–water partition coefficient (Wildman–Crippen LogP) is 8.40. The molecule has 0 radical (unpaired) electrons. The zero-order valence-corrected chi connectivity index (χ0v) is 20.6. The molecule has 0 bridgehead atoms. The molecular formula is C27H50O4. The highest BCUT2D eigenvalue weighted by molar-refractivity contribution is 5.84. The first-order valence-corrected chi connectivity index (χ1v) is 12.6. The van der Waals surface area contributed by atoms with E-state index in [0.29, 0.717) is 6.61 Å². The van der Waals surface area contributed by atoms with E-state index in [-0.39, 0.29) is 11.5 Å². The Kier molecular flexibility index (Phi) is 27.0. The fourth-order valence-electron chi connectivity index (χ4n) is 3.24. The van der Waals surface area contributed by atoms with E-state index in [1.54, 1.807) is 0 Å². The lowest BCUT2D eigenvalue weighted by Gasteiger charge is -2.04. The fraction of sp³-hybridized carbons (Fsp3) is 0.778. The topological polar surface area (TPSA) is 63.6 Å². The van der Waals surface area contributed by atoms with Gasteiger partial charge in [-0.2, -0.15) is 0 Å². The van der Waals surface area contributed by atoms with Crippen molar-refractivity contribution in [2.45, 2.75) is 129 Å². The number of unbranched alkanes of at least 4 members (excludes halogenated alkanes) is 17. The standard InChI is InChI=1S/C23H44O2.C4H6O2/c1-3-5-6-7-8-9-10-11-12-13-14-15-16-17-18-19-20-21-22-25-23(24)4-2;1-3(2)4(5)6/h4H,2-3,5-22H2,1H3;1H2,2H3,(H,5,6). The van der Waals surface area contributed by atoms with E-state index in [1.165, 1.54) is 122 Å². The number of aliphatic carboxylic acids is 1. The summed E-state index contributed by atoms with van der Waals surface area (Å²) in [6.07, 6.45) is 25.9. The molecule has 4 nitrogen and oxygen atoms in total. The van der Waals surface area contributed by atoms with E-state index in [2.05, 4.69) is 20.1 Å². The average Bonchev–Trinajstić information content (AvgIpc) is 2.75. The van der Waals surface area contributed by atoms with Crippen molar-refractivity contribution in [1.82, 2.24) is 0 Å². The van der Waals surface area contributed by atoms with Gasteiger partial charge in [-0.3, -0.25) is 0 Å². The normalized spacial score (nSPS) is 10.1. The van der Waals surface area contributed by atoms with E-state index >= 15 is 0 Å². The molecular weight excluding hydrogens is 388 g/mol. The van der Waals surface area contributed by atoms with Gasteiger partial charge in [-0.15, -0.1) is 0 Å². The van der Waals surface area contributed by atoms with Gasteiger partial charge < -0.3 is 9.84 Å². The number of carbonyl (C=O) groups is 2. The van der Waals surface area contributed by atoms with Crippen LogP contribution >= 0.6 is 0 Å². The van der Waals surface area contributed by atoms with Gasteiger partial charge in [-0.1, -0.05) is 129 Å². The Labute approximate surface area is 192 Å². The second-order valence-corrected chi connectivity index (χ2v) is 8.47. The third-order valence-corrected chi connectivity index (χ3v) is 5.27. The molecule has 4 heteroatoms. The second kappa shape index (κ2) is 26.5. The maximum atomic E-state index is 10.9. The minimum absolute atomic E-state index is 0.176. The van der Waals surface area contributed by atoms with Crippen LogP contribution in [0.3, 0.4) is 0 Å². The number of ether oxygens (including phenoxy) is 1. The van der Waals surface area contributed by atoms with E-state index in [4.69, 9.17) is 9.84 Å². The van der Waals surface area contributed by atoms with Crippen LogP contribution in [0.15, 0.2) is 24.8 Å². The van der Waals surface area contributed by atoms with Crippen LogP contribution in [0.5, 0.6) is 0 Å². The number of carboxylic acids is 1. The van der Waals surface area contributed by atoms with Crippen molar-refractivity contribution in [2.75, 3.05) is 6.61 Å². The fourth-order valence-corrected chi connectivity index (χ4v) is 3.24. The Hall–Kier alpha value is -1.58. The molecule has 0 aromatic rings. The number of rotatable bonds is 21. The Morgan fingerprint density at radius 3 is 1.26 bits per heavy atom. The van der Waals surface area contributed by atoms with Crippen molar-refractivity contribution in [3.63, 3.8) is 0 Å². The molecule has 0 saturated carbocycles. The average molecular weight is 439 g/mol. The van der Waals surface area contributed by atoms with Gasteiger partial charge in [-0.25, -0.2) is 9.59 Å². The molecule has 0 saturated heterocycles. The second-order valence-electron chi connectivity index (χ2n) is 8.47. The molecule has 0 rings (SSSR count). The van der Waals surface area contributed by atoms with Crippen LogP contribution in [0.4, 0.5) is 0 Å². The van der Waals surface area contributed by atoms with Crippen LogP contribution in [0.25, 0.3) is 0 Å². The molecule has 182 valence electrons. The van der Waals surface area contributed by atoms with Crippen LogP contribution in [0.1, 0.15) is 129 Å². The number of carbonyl (C=O) groups excluding carboxylic acids is 1. The summed E-state index contributed by atoms with van der Waals surface area (Å²) in [6, 6.07) is 0. The van der Waals surface area contributed by atoms with Gasteiger partial charge in [0.05, 0.1) is 6.61 Å². The molecule has 0 aromatic carbocycles. The van der Waals surface area contributed by atoms with Gasteiger partial charge in [0, 0.05) is 11.6 Å². The molecule has 0 atom stereocenters. The third-order valence-electron chi connectivity index (χ3n) is 5.27. The van der Waals surface area contributed by atoms with Crippen LogP contribution < -0.4 is 0 Å². The first-order chi connectivity index (χ1) is 15.0. The minimum atomic E-state index is -0.935. The summed E-state index contributed by atoms with van der Waals surface area (Å²) in [5.74, 6) is -1.23. The van der Waals surface area contributed by atoms with Crippen LogP contribution in [-0.2, 0) is 14.3 Å². The van der Waals surface area contributed by atoms with Crippen molar-refractivity contribution < 1.29 is 19.4 Å². The monoisotopic (exact) mass is 438 g/mol. The van der Waals surface area contributed by atoms with Gasteiger partial charge in [0.1, 0.15) is 0 Å². The molecule has 0 heterocycles. The van der Waals surface area contributed by atoms with Crippen LogP contribution in [0, 0.1) is 0 Å². The zero-order chi connectivity index (χ0) is 23.6. The molecule has 1 N–H and O–H groups in total. The van der Waals surface area contributed by atoms with E-state index < -0.39 is 5.97 Å². The molecule has 0 amide bonds. The predicted molar refractivity (Wildman–Crippen MR) is 132 cm³/mol.